The van der Waals surface area contributed by atoms with Crippen molar-refractivity contribution in [2.75, 3.05) is 5.73 Å². The molecule has 3 N–H and O–H groups in total. The van der Waals surface area contributed by atoms with Crippen molar-refractivity contribution in [2.24, 2.45) is 0 Å². The standard InChI is InChI=1S/C11H13N5O2/c1-2-7-3-14-10(18-7)6-15-11(17)8-4-13-5-9(12)16-8/h3-5H,2,6H2,1H3,(H2,12,16)(H,15,17). The van der Waals surface area contributed by atoms with Crippen LogP contribution in [0.15, 0.2) is 23.0 Å². The molecule has 0 bridgehead atoms. The molecule has 0 saturated heterocycles. The molecule has 0 fully saturated rings. The van der Waals surface area contributed by atoms with Crippen molar-refractivity contribution in [3.63, 3.8) is 0 Å². The lowest BCUT2D eigenvalue weighted by Gasteiger charge is -2.02. The Morgan fingerprint density at radius 3 is 2.94 bits per heavy atom. The van der Waals surface area contributed by atoms with Gasteiger partial charge in [0.25, 0.3) is 5.91 Å². The summed E-state index contributed by atoms with van der Waals surface area (Å²) in [5.74, 6) is 1.07. The Kier molecular flexibility index (Phi) is 3.52. The van der Waals surface area contributed by atoms with E-state index in [-0.39, 0.29) is 24.0 Å². The average Bonchev–Trinajstić information content (AvgIpc) is 2.84. The van der Waals surface area contributed by atoms with E-state index >= 15 is 0 Å². The second kappa shape index (κ2) is 5.26. The van der Waals surface area contributed by atoms with E-state index in [1.54, 1.807) is 6.20 Å². The van der Waals surface area contributed by atoms with E-state index in [0.717, 1.165) is 12.2 Å². The number of rotatable bonds is 4. The number of anilines is 1. The fourth-order valence-electron chi connectivity index (χ4n) is 1.33. The van der Waals surface area contributed by atoms with Crippen molar-refractivity contribution in [3.05, 3.63) is 35.9 Å². The van der Waals surface area contributed by atoms with Gasteiger partial charge in [0.15, 0.2) is 0 Å². The lowest BCUT2D eigenvalue weighted by Crippen LogP contribution is -2.24. The topological polar surface area (TPSA) is 107 Å². The zero-order valence-corrected chi connectivity index (χ0v) is 9.88. The predicted molar refractivity (Wildman–Crippen MR) is 63.5 cm³/mol. The third-order valence-corrected chi connectivity index (χ3v) is 2.24. The molecule has 0 radical (unpaired) electrons. The number of carbonyl (C=O) groups is 1. The van der Waals surface area contributed by atoms with E-state index in [4.69, 9.17) is 10.2 Å². The van der Waals surface area contributed by atoms with E-state index in [1.807, 2.05) is 6.92 Å². The highest BCUT2D eigenvalue weighted by Crippen LogP contribution is 2.04. The van der Waals surface area contributed by atoms with Gasteiger partial charge in [0.2, 0.25) is 5.89 Å². The van der Waals surface area contributed by atoms with Gasteiger partial charge >= 0.3 is 0 Å². The van der Waals surface area contributed by atoms with Gasteiger partial charge in [-0.2, -0.15) is 0 Å². The first kappa shape index (κ1) is 12.0. The maximum Gasteiger partial charge on any atom is 0.272 e. The zero-order chi connectivity index (χ0) is 13.0. The Labute approximate surface area is 103 Å². The first-order chi connectivity index (χ1) is 8.69. The minimum Gasteiger partial charge on any atom is -0.444 e. The Morgan fingerprint density at radius 2 is 2.28 bits per heavy atom. The van der Waals surface area contributed by atoms with Crippen molar-refractivity contribution >= 4 is 11.7 Å². The minimum atomic E-state index is -0.369. The molecule has 2 rings (SSSR count). The molecule has 7 heteroatoms. The van der Waals surface area contributed by atoms with E-state index in [0.29, 0.717) is 5.89 Å². The van der Waals surface area contributed by atoms with Crippen molar-refractivity contribution in [2.45, 2.75) is 19.9 Å². The molecule has 2 aromatic rings. The number of aryl methyl sites for hydroxylation is 1. The molecule has 0 atom stereocenters. The highest BCUT2D eigenvalue weighted by molar-refractivity contribution is 5.92. The van der Waals surface area contributed by atoms with E-state index in [1.165, 1.54) is 12.4 Å². The number of hydrogen-bond donors (Lipinski definition) is 2. The van der Waals surface area contributed by atoms with Gasteiger partial charge in [0.1, 0.15) is 17.3 Å². The first-order valence-electron chi connectivity index (χ1n) is 5.48. The van der Waals surface area contributed by atoms with Crippen LogP contribution in [0.1, 0.15) is 29.1 Å². The Morgan fingerprint density at radius 1 is 1.44 bits per heavy atom. The number of nitrogens with two attached hydrogens (primary N) is 1. The van der Waals surface area contributed by atoms with E-state index < -0.39 is 0 Å². The molecule has 94 valence electrons. The SMILES string of the molecule is CCc1cnc(CNC(=O)c2cncc(N)n2)o1. The lowest BCUT2D eigenvalue weighted by molar-refractivity contribution is 0.0942. The molecule has 0 aliphatic rings. The van der Waals surface area contributed by atoms with Gasteiger partial charge in [-0.25, -0.2) is 9.97 Å². The summed E-state index contributed by atoms with van der Waals surface area (Å²) in [6.07, 6.45) is 5.13. The normalized spacial score (nSPS) is 10.3. The second-order valence-electron chi connectivity index (χ2n) is 3.59. The molecule has 7 nitrogen and oxygen atoms in total. The molecule has 0 aliphatic carbocycles. The van der Waals surface area contributed by atoms with Gasteiger partial charge in [-0.05, 0) is 0 Å². The van der Waals surface area contributed by atoms with Crippen LogP contribution in [0.25, 0.3) is 0 Å². The first-order valence-corrected chi connectivity index (χ1v) is 5.48. The summed E-state index contributed by atoms with van der Waals surface area (Å²) in [5.41, 5.74) is 5.60. The monoisotopic (exact) mass is 247 g/mol. The molecule has 0 saturated carbocycles. The molecule has 0 unspecified atom stereocenters. The van der Waals surface area contributed by atoms with Crippen molar-refractivity contribution in [1.82, 2.24) is 20.3 Å². The van der Waals surface area contributed by atoms with Crippen molar-refractivity contribution < 1.29 is 9.21 Å². The number of nitrogens with zero attached hydrogens (tertiary/aromatic N) is 3. The summed E-state index contributed by atoms with van der Waals surface area (Å²) in [6.45, 7) is 2.17. The van der Waals surface area contributed by atoms with Crippen LogP contribution in [0, 0.1) is 0 Å². The van der Waals surface area contributed by atoms with Crippen molar-refractivity contribution in [3.8, 4) is 0 Å². The third-order valence-electron chi connectivity index (χ3n) is 2.24. The summed E-state index contributed by atoms with van der Waals surface area (Å²) in [4.78, 5) is 23.4. The molecule has 0 aliphatic heterocycles. The highest BCUT2D eigenvalue weighted by atomic mass is 16.4. The maximum absolute atomic E-state index is 11.7. The molecular weight excluding hydrogens is 234 g/mol. The van der Waals surface area contributed by atoms with Crippen LogP contribution in [-0.4, -0.2) is 20.9 Å². The number of hydrogen-bond acceptors (Lipinski definition) is 6. The molecular formula is C11H13N5O2. The van der Waals surface area contributed by atoms with Crippen LogP contribution in [0.4, 0.5) is 5.82 Å². The summed E-state index contributed by atoms with van der Waals surface area (Å²) in [7, 11) is 0. The van der Waals surface area contributed by atoms with Gasteiger partial charge in [-0.1, -0.05) is 6.92 Å². The van der Waals surface area contributed by atoms with Crippen LogP contribution in [0.5, 0.6) is 0 Å². The van der Waals surface area contributed by atoms with Gasteiger partial charge in [0.05, 0.1) is 25.1 Å². The minimum absolute atomic E-state index is 0.164. The van der Waals surface area contributed by atoms with E-state index in [2.05, 4.69) is 20.3 Å². The summed E-state index contributed by atoms with van der Waals surface area (Å²) in [6, 6.07) is 0. The van der Waals surface area contributed by atoms with Crippen LogP contribution in [0.3, 0.4) is 0 Å². The van der Waals surface area contributed by atoms with Gasteiger partial charge in [-0.15, -0.1) is 0 Å². The van der Waals surface area contributed by atoms with Crippen LogP contribution < -0.4 is 11.1 Å². The summed E-state index contributed by atoms with van der Waals surface area (Å²) in [5, 5.41) is 2.63. The molecule has 2 heterocycles. The fourth-order valence-corrected chi connectivity index (χ4v) is 1.33. The average molecular weight is 247 g/mol. The summed E-state index contributed by atoms with van der Waals surface area (Å²) < 4.78 is 5.36. The second-order valence-corrected chi connectivity index (χ2v) is 3.59. The lowest BCUT2D eigenvalue weighted by atomic mass is 10.4. The summed E-state index contributed by atoms with van der Waals surface area (Å²) >= 11 is 0. The highest BCUT2D eigenvalue weighted by Gasteiger charge is 2.09. The van der Waals surface area contributed by atoms with Crippen molar-refractivity contribution in [1.29, 1.82) is 0 Å². The number of aromatic nitrogens is 3. The number of nitrogen functional groups attached to an aromatic ring is 1. The van der Waals surface area contributed by atoms with Crippen LogP contribution in [-0.2, 0) is 13.0 Å². The molecule has 0 aromatic carbocycles. The number of oxazole rings is 1. The molecule has 2 aromatic heterocycles. The third kappa shape index (κ3) is 2.82. The number of amides is 1. The maximum atomic E-state index is 11.7. The van der Waals surface area contributed by atoms with Gasteiger partial charge < -0.3 is 15.5 Å². The number of nitrogens with one attached hydrogen (secondary N) is 1. The smallest absolute Gasteiger partial charge is 0.272 e. The molecule has 18 heavy (non-hydrogen) atoms. The Hall–Kier alpha value is -2.44. The Balaban J connectivity index is 1.96. The zero-order valence-electron chi connectivity index (χ0n) is 9.88. The number of carbonyl (C=O) groups excluding carboxylic acids is 1. The van der Waals surface area contributed by atoms with Crippen LogP contribution in [0.2, 0.25) is 0 Å². The molecule has 1 amide bonds. The quantitative estimate of drug-likeness (QED) is 0.816. The molecule has 0 spiro atoms. The largest absolute Gasteiger partial charge is 0.444 e. The van der Waals surface area contributed by atoms with E-state index in [9.17, 15) is 4.79 Å². The van der Waals surface area contributed by atoms with Crippen LogP contribution >= 0.6 is 0 Å². The van der Waals surface area contributed by atoms with Gasteiger partial charge in [0, 0.05) is 6.42 Å². The van der Waals surface area contributed by atoms with Gasteiger partial charge in [-0.3, -0.25) is 9.78 Å². The predicted octanol–water partition coefficient (Wildman–Crippen LogP) is 0.539. The fraction of sp³-hybridized carbons (Fsp3) is 0.273. The Bertz CT molecular complexity index is 552.